The number of hydrogen-bond donors (Lipinski definition) is 1. The van der Waals surface area contributed by atoms with Crippen LogP contribution >= 0.6 is 0 Å². The minimum Gasteiger partial charge on any atom is -0.497 e. The lowest BCUT2D eigenvalue weighted by atomic mass is 9.98. The standard InChI is InChI=1S/C20H31N3O3/c1-22-11-8-16(9-12-22)23-10-4-5-15(14-23)21-20(24)18-7-6-17(25-2)13-19(18)26-3/h6-7,13,15-16H,4-5,8-12,14H2,1-3H3,(H,21,24)/t15-/m1/s1. The summed E-state index contributed by atoms with van der Waals surface area (Å²) in [5.41, 5.74) is 0.560. The summed E-state index contributed by atoms with van der Waals surface area (Å²) in [6, 6.07) is 6.16. The summed E-state index contributed by atoms with van der Waals surface area (Å²) >= 11 is 0. The molecular weight excluding hydrogens is 330 g/mol. The molecule has 26 heavy (non-hydrogen) atoms. The second-order valence-corrected chi connectivity index (χ2v) is 7.41. The van der Waals surface area contributed by atoms with E-state index in [0.29, 0.717) is 23.1 Å². The number of likely N-dealkylation sites (tertiary alicyclic amines) is 2. The first kappa shape index (κ1) is 19.0. The van der Waals surface area contributed by atoms with E-state index in [1.165, 1.54) is 25.9 Å². The predicted molar refractivity (Wildman–Crippen MR) is 102 cm³/mol. The third kappa shape index (κ3) is 4.48. The minimum absolute atomic E-state index is 0.0697. The highest BCUT2D eigenvalue weighted by Crippen LogP contribution is 2.25. The molecule has 0 aromatic heterocycles. The number of carbonyl (C=O) groups excluding carboxylic acids is 1. The molecule has 2 saturated heterocycles. The van der Waals surface area contributed by atoms with Crippen molar-refractivity contribution in [1.82, 2.24) is 15.1 Å². The van der Waals surface area contributed by atoms with Gasteiger partial charge in [0.15, 0.2) is 0 Å². The van der Waals surface area contributed by atoms with Crippen molar-refractivity contribution in [1.29, 1.82) is 0 Å². The van der Waals surface area contributed by atoms with Gasteiger partial charge >= 0.3 is 0 Å². The van der Waals surface area contributed by atoms with Gasteiger partial charge in [0.05, 0.1) is 19.8 Å². The Morgan fingerprint density at radius 3 is 2.58 bits per heavy atom. The van der Waals surface area contributed by atoms with Gasteiger partial charge in [-0.25, -0.2) is 0 Å². The number of nitrogens with one attached hydrogen (secondary N) is 1. The summed E-state index contributed by atoms with van der Waals surface area (Å²) in [4.78, 5) is 17.7. The van der Waals surface area contributed by atoms with Crippen LogP contribution in [-0.4, -0.2) is 75.2 Å². The molecule has 0 bridgehead atoms. The Balaban J connectivity index is 1.60. The summed E-state index contributed by atoms with van der Waals surface area (Å²) < 4.78 is 10.6. The molecule has 6 heteroatoms. The van der Waals surface area contributed by atoms with Crippen molar-refractivity contribution in [2.45, 2.75) is 37.8 Å². The molecule has 1 aromatic rings. The van der Waals surface area contributed by atoms with Crippen LogP contribution in [0.15, 0.2) is 18.2 Å². The third-order valence-corrected chi connectivity index (χ3v) is 5.65. The SMILES string of the molecule is COc1ccc(C(=O)N[C@@H]2CCCN(C3CCN(C)CC3)C2)c(OC)c1. The number of methoxy groups -OCH3 is 2. The topological polar surface area (TPSA) is 54.0 Å². The minimum atomic E-state index is -0.0697. The fraction of sp³-hybridized carbons (Fsp3) is 0.650. The quantitative estimate of drug-likeness (QED) is 0.869. The lowest BCUT2D eigenvalue weighted by Gasteiger charge is -2.41. The van der Waals surface area contributed by atoms with E-state index < -0.39 is 0 Å². The van der Waals surface area contributed by atoms with Crippen LogP contribution < -0.4 is 14.8 Å². The van der Waals surface area contributed by atoms with Crippen LogP contribution in [0.3, 0.4) is 0 Å². The molecule has 0 unspecified atom stereocenters. The first-order valence-electron chi connectivity index (χ1n) is 9.56. The van der Waals surface area contributed by atoms with Crippen molar-refractivity contribution < 1.29 is 14.3 Å². The van der Waals surface area contributed by atoms with Crippen LogP contribution in [0.4, 0.5) is 0 Å². The lowest BCUT2D eigenvalue weighted by molar-refractivity contribution is 0.0764. The first-order chi connectivity index (χ1) is 12.6. The second kappa shape index (κ2) is 8.73. The smallest absolute Gasteiger partial charge is 0.255 e. The molecule has 0 aliphatic carbocycles. The summed E-state index contributed by atoms with van der Waals surface area (Å²) in [7, 11) is 5.37. The Labute approximate surface area is 156 Å². The number of amides is 1. The molecule has 2 aliphatic heterocycles. The number of nitrogens with zero attached hydrogens (tertiary/aromatic N) is 2. The normalized spacial score (nSPS) is 22.8. The first-order valence-corrected chi connectivity index (χ1v) is 9.56. The van der Waals surface area contributed by atoms with Gasteiger partial charge in [0, 0.05) is 24.7 Å². The number of carbonyl (C=O) groups is 1. The zero-order valence-electron chi connectivity index (χ0n) is 16.2. The molecule has 1 atom stereocenters. The number of hydrogen-bond acceptors (Lipinski definition) is 5. The molecule has 0 radical (unpaired) electrons. The van der Waals surface area contributed by atoms with E-state index in [4.69, 9.17) is 9.47 Å². The molecule has 2 fully saturated rings. The van der Waals surface area contributed by atoms with Gasteiger partial charge in [-0.3, -0.25) is 9.69 Å². The van der Waals surface area contributed by atoms with E-state index in [-0.39, 0.29) is 11.9 Å². The maximum atomic E-state index is 12.8. The third-order valence-electron chi connectivity index (χ3n) is 5.65. The second-order valence-electron chi connectivity index (χ2n) is 7.41. The van der Waals surface area contributed by atoms with Gasteiger partial charge in [-0.15, -0.1) is 0 Å². The van der Waals surface area contributed by atoms with Gasteiger partial charge in [0.2, 0.25) is 0 Å². The van der Waals surface area contributed by atoms with Gasteiger partial charge in [-0.05, 0) is 64.5 Å². The monoisotopic (exact) mass is 361 g/mol. The Morgan fingerprint density at radius 1 is 1.12 bits per heavy atom. The molecule has 3 rings (SSSR count). The van der Waals surface area contributed by atoms with E-state index in [1.807, 2.05) is 0 Å². The van der Waals surface area contributed by atoms with Crippen LogP contribution in [0, 0.1) is 0 Å². The average molecular weight is 361 g/mol. The number of ether oxygens (including phenoxy) is 2. The molecular formula is C20H31N3O3. The summed E-state index contributed by atoms with van der Waals surface area (Å²) in [6.07, 6.45) is 4.62. The van der Waals surface area contributed by atoms with Crippen LogP contribution in [-0.2, 0) is 0 Å². The molecule has 0 spiro atoms. The fourth-order valence-corrected chi connectivity index (χ4v) is 4.07. The maximum absolute atomic E-state index is 12.8. The highest BCUT2D eigenvalue weighted by Gasteiger charge is 2.29. The van der Waals surface area contributed by atoms with Gasteiger partial charge in [0.25, 0.3) is 5.91 Å². The summed E-state index contributed by atoms with van der Waals surface area (Å²) in [6.45, 7) is 4.42. The lowest BCUT2D eigenvalue weighted by Crippen LogP contribution is -2.53. The molecule has 6 nitrogen and oxygen atoms in total. The molecule has 1 aromatic carbocycles. The van der Waals surface area contributed by atoms with Crippen LogP contribution in [0.1, 0.15) is 36.0 Å². The molecule has 1 amide bonds. The average Bonchev–Trinajstić information content (AvgIpc) is 2.68. The fourth-order valence-electron chi connectivity index (χ4n) is 4.07. The zero-order chi connectivity index (χ0) is 18.5. The van der Waals surface area contributed by atoms with Crippen molar-refractivity contribution in [3.05, 3.63) is 23.8 Å². The van der Waals surface area contributed by atoms with Gasteiger partial charge in [-0.1, -0.05) is 0 Å². The van der Waals surface area contributed by atoms with Crippen LogP contribution in [0.25, 0.3) is 0 Å². The van der Waals surface area contributed by atoms with Crippen LogP contribution in [0.2, 0.25) is 0 Å². The molecule has 2 heterocycles. The zero-order valence-corrected chi connectivity index (χ0v) is 16.2. The Hall–Kier alpha value is -1.79. The molecule has 2 aliphatic rings. The molecule has 1 N–H and O–H groups in total. The van der Waals surface area contributed by atoms with E-state index in [9.17, 15) is 4.79 Å². The van der Waals surface area contributed by atoms with Crippen molar-refractivity contribution >= 4 is 5.91 Å². The van der Waals surface area contributed by atoms with E-state index in [2.05, 4.69) is 22.2 Å². The largest absolute Gasteiger partial charge is 0.497 e. The van der Waals surface area contributed by atoms with Crippen molar-refractivity contribution in [3.8, 4) is 11.5 Å². The number of piperidine rings is 2. The number of rotatable bonds is 5. The number of benzene rings is 1. The van der Waals surface area contributed by atoms with Crippen molar-refractivity contribution in [2.24, 2.45) is 0 Å². The van der Waals surface area contributed by atoms with Crippen LogP contribution in [0.5, 0.6) is 11.5 Å². The predicted octanol–water partition coefficient (Wildman–Crippen LogP) is 1.99. The van der Waals surface area contributed by atoms with Gasteiger partial charge in [-0.2, -0.15) is 0 Å². The van der Waals surface area contributed by atoms with Gasteiger partial charge < -0.3 is 19.7 Å². The summed E-state index contributed by atoms with van der Waals surface area (Å²) in [5.74, 6) is 1.16. The molecule has 144 valence electrons. The molecule has 0 saturated carbocycles. The Kier molecular flexibility index (Phi) is 6.38. The van der Waals surface area contributed by atoms with Gasteiger partial charge in [0.1, 0.15) is 11.5 Å². The van der Waals surface area contributed by atoms with E-state index in [0.717, 1.165) is 25.9 Å². The summed E-state index contributed by atoms with van der Waals surface area (Å²) in [5, 5.41) is 3.21. The van der Waals surface area contributed by atoms with E-state index >= 15 is 0 Å². The maximum Gasteiger partial charge on any atom is 0.255 e. The van der Waals surface area contributed by atoms with Crippen molar-refractivity contribution in [3.63, 3.8) is 0 Å². The highest BCUT2D eigenvalue weighted by molar-refractivity contribution is 5.97. The Morgan fingerprint density at radius 2 is 1.88 bits per heavy atom. The highest BCUT2D eigenvalue weighted by atomic mass is 16.5. The Bertz CT molecular complexity index is 614. The van der Waals surface area contributed by atoms with E-state index in [1.54, 1.807) is 32.4 Å². The van der Waals surface area contributed by atoms with Crippen molar-refractivity contribution in [2.75, 3.05) is 47.4 Å².